The van der Waals surface area contributed by atoms with Crippen LogP contribution in [0.4, 0.5) is 5.82 Å². The molecule has 0 aliphatic rings. The average Bonchev–Trinajstić information content (AvgIpc) is 2.71. The lowest BCUT2D eigenvalue weighted by Crippen LogP contribution is -2.29. The van der Waals surface area contributed by atoms with Crippen molar-refractivity contribution in [3.05, 3.63) is 83.6 Å². The van der Waals surface area contributed by atoms with Gasteiger partial charge in [0.1, 0.15) is 11.5 Å². The SMILES string of the molecule is Cc1cccc(CNc2cnc(C(=O)N(C)CCc3ccncc3)cn2)c1. The van der Waals surface area contributed by atoms with E-state index in [9.17, 15) is 4.79 Å². The maximum absolute atomic E-state index is 12.5. The van der Waals surface area contributed by atoms with Gasteiger partial charge in [-0.15, -0.1) is 0 Å². The van der Waals surface area contributed by atoms with Gasteiger partial charge in [0.25, 0.3) is 5.91 Å². The van der Waals surface area contributed by atoms with Crippen molar-refractivity contribution in [2.75, 3.05) is 18.9 Å². The number of amides is 1. The fraction of sp³-hybridized carbons (Fsp3) is 0.238. The van der Waals surface area contributed by atoms with Crippen LogP contribution in [0.3, 0.4) is 0 Å². The zero-order chi connectivity index (χ0) is 19.1. The first-order valence-corrected chi connectivity index (χ1v) is 8.87. The topological polar surface area (TPSA) is 71.0 Å². The highest BCUT2D eigenvalue weighted by Gasteiger charge is 2.13. The standard InChI is InChI=1S/C21H23N5O/c1-16-4-3-5-18(12-16)13-24-20-15-23-19(14-25-20)21(27)26(2)11-8-17-6-9-22-10-7-17/h3-7,9-10,12,14-15H,8,11,13H2,1-2H3,(H,24,25). The molecule has 0 aliphatic carbocycles. The van der Waals surface area contributed by atoms with Crippen LogP contribution >= 0.6 is 0 Å². The number of aryl methyl sites for hydroxylation is 1. The molecule has 1 amide bonds. The van der Waals surface area contributed by atoms with Crippen LogP contribution in [0.5, 0.6) is 0 Å². The highest BCUT2D eigenvalue weighted by atomic mass is 16.2. The number of aromatic nitrogens is 3. The van der Waals surface area contributed by atoms with Crippen molar-refractivity contribution >= 4 is 11.7 Å². The van der Waals surface area contributed by atoms with Crippen molar-refractivity contribution in [2.24, 2.45) is 0 Å². The van der Waals surface area contributed by atoms with Crippen molar-refractivity contribution in [1.29, 1.82) is 0 Å². The Balaban J connectivity index is 1.53. The summed E-state index contributed by atoms with van der Waals surface area (Å²) in [5.41, 5.74) is 3.88. The van der Waals surface area contributed by atoms with Crippen LogP contribution in [0.2, 0.25) is 0 Å². The van der Waals surface area contributed by atoms with E-state index in [4.69, 9.17) is 0 Å². The molecule has 27 heavy (non-hydrogen) atoms. The molecule has 0 radical (unpaired) electrons. The zero-order valence-electron chi connectivity index (χ0n) is 15.6. The molecule has 3 aromatic rings. The summed E-state index contributed by atoms with van der Waals surface area (Å²) in [5.74, 6) is 0.509. The molecule has 1 N–H and O–H groups in total. The van der Waals surface area contributed by atoms with E-state index in [2.05, 4.69) is 45.4 Å². The van der Waals surface area contributed by atoms with Crippen LogP contribution in [0.1, 0.15) is 27.2 Å². The first-order valence-electron chi connectivity index (χ1n) is 8.87. The Morgan fingerprint density at radius 3 is 2.59 bits per heavy atom. The van der Waals surface area contributed by atoms with Crippen molar-refractivity contribution in [2.45, 2.75) is 19.9 Å². The third-order valence-corrected chi connectivity index (χ3v) is 4.26. The van der Waals surface area contributed by atoms with E-state index in [1.54, 1.807) is 30.5 Å². The summed E-state index contributed by atoms with van der Waals surface area (Å²) in [7, 11) is 1.77. The molecule has 0 saturated carbocycles. The Morgan fingerprint density at radius 2 is 1.89 bits per heavy atom. The summed E-state index contributed by atoms with van der Waals surface area (Å²) in [5, 5.41) is 3.23. The third kappa shape index (κ3) is 5.34. The number of pyridine rings is 1. The molecule has 2 heterocycles. The van der Waals surface area contributed by atoms with E-state index in [1.807, 2.05) is 18.2 Å². The predicted molar refractivity (Wildman–Crippen MR) is 105 cm³/mol. The van der Waals surface area contributed by atoms with Gasteiger partial charge in [0.15, 0.2) is 0 Å². The first kappa shape index (κ1) is 18.5. The second-order valence-corrected chi connectivity index (χ2v) is 6.46. The van der Waals surface area contributed by atoms with Gasteiger partial charge < -0.3 is 10.2 Å². The minimum Gasteiger partial charge on any atom is -0.365 e. The Hall–Kier alpha value is -3.28. The number of rotatable bonds is 7. The monoisotopic (exact) mass is 361 g/mol. The second-order valence-electron chi connectivity index (χ2n) is 6.46. The van der Waals surface area contributed by atoms with E-state index >= 15 is 0 Å². The number of benzene rings is 1. The fourth-order valence-corrected chi connectivity index (χ4v) is 2.69. The molecule has 0 atom stereocenters. The highest BCUT2D eigenvalue weighted by molar-refractivity contribution is 5.91. The van der Waals surface area contributed by atoms with Crippen molar-refractivity contribution < 1.29 is 4.79 Å². The summed E-state index contributed by atoms with van der Waals surface area (Å²) in [6.07, 6.45) is 7.40. The molecule has 1 aromatic carbocycles. The molecular formula is C21H23N5O. The number of hydrogen-bond acceptors (Lipinski definition) is 5. The van der Waals surface area contributed by atoms with E-state index in [0.717, 1.165) is 12.0 Å². The van der Waals surface area contributed by atoms with Gasteiger partial charge in [0.05, 0.1) is 12.4 Å². The number of likely N-dealkylation sites (N-methyl/N-ethyl adjacent to an activating group) is 1. The van der Waals surface area contributed by atoms with Crippen molar-refractivity contribution in [3.63, 3.8) is 0 Å². The second kappa shape index (κ2) is 8.89. The fourth-order valence-electron chi connectivity index (χ4n) is 2.69. The molecule has 0 spiro atoms. The lowest BCUT2D eigenvalue weighted by molar-refractivity contribution is 0.0790. The molecule has 138 valence electrons. The van der Waals surface area contributed by atoms with Crippen LogP contribution in [0.15, 0.2) is 61.2 Å². The molecule has 2 aromatic heterocycles. The summed E-state index contributed by atoms with van der Waals surface area (Å²) >= 11 is 0. The number of anilines is 1. The van der Waals surface area contributed by atoms with Crippen molar-refractivity contribution in [1.82, 2.24) is 19.9 Å². The van der Waals surface area contributed by atoms with Crippen LogP contribution < -0.4 is 5.32 Å². The van der Waals surface area contributed by atoms with E-state index < -0.39 is 0 Å². The number of carbonyl (C=O) groups excluding carboxylic acids is 1. The van der Waals surface area contributed by atoms with Gasteiger partial charge in [0, 0.05) is 32.5 Å². The largest absolute Gasteiger partial charge is 0.365 e. The van der Waals surface area contributed by atoms with Gasteiger partial charge in [-0.3, -0.25) is 9.78 Å². The summed E-state index contributed by atoms with van der Waals surface area (Å²) in [6, 6.07) is 12.2. The number of nitrogens with zero attached hydrogens (tertiary/aromatic N) is 4. The number of carbonyl (C=O) groups is 1. The van der Waals surface area contributed by atoms with Gasteiger partial charge in [-0.25, -0.2) is 9.97 Å². The molecule has 0 bridgehead atoms. The number of hydrogen-bond donors (Lipinski definition) is 1. The zero-order valence-corrected chi connectivity index (χ0v) is 15.6. The molecule has 6 heteroatoms. The maximum Gasteiger partial charge on any atom is 0.273 e. The van der Waals surface area contributed by atoms with Crippen LogP contribution in [0, 0.1) is 6.92 Å². The van der Waals surface area contributed by atoms with Gasteiger partial charge in [-0.1, -0.05) is 29.8 Å². The van der Waals surface area contributed by atoms with Gasteiger partial charge in [0.2, 0.25) is 0 Å². The Morgan fingerprint density at radius 1 is 1.07 bits per heavy atom. The highest BCUT2D eigenvalue weighted by Crippen LogP contribution is 2.09. The molecule has 6 nitrogen and oxygen atoms in total. The van der Waals surface area contributed by atoms with E-state index in [1.165, 1.54) is 17.3 Å². The Labute approximate surface area is 159 Å². The smallest absolute Gasteiger partial charge is 0.273 e. The third-order valence-electron chi connectivity index (χ3n) is 4.26. The predicted octanol–water partition coefficient (Wildman–Crippen LogP) is 3.11. The van der Waals surface area contributed by atoms with Gasteiger partial charge >= 0.3 is 0 Å². The van der Waals surface area contributed by atoms with E-state index in [-0.39, 0.29) is 5.91 Å². The molecule has 0 unspecified atom stereocenters. The molecular weight excluding hydrogens is 338 g/mol. The molecule has 3 rings (SSSR count). The van der Waals surface area contributed by atoms with E-state index in [0.29, 0.717) is 24.6 Å². The normalized spacial score (nSPS) is 10.4. The molecule has 0 saturated heterocycles. The minimum atomic E-state index is -0.137. The minimum absolute atomic E-state index is 0.137. The lowest BCUT2D eigenvalue weighted by Gasteiger charge is -2.16. The average molecular weight is 361 g/mol. The number of nitrogens with one attached hydrogen (secondary N) is 1. The molecule has 0 fully saturated rings. The lowest BCUT2D eigenvalue weighted by atomic mass is 10.1. The van der Waals surface area contributed by atoms with Crippen LogP contribution in [0.25, 0.3) is 0 Å². The Bertz CT molecular complexity index is 881. The van der Waals surface area contributed by atoms with Gasteiger partial charge in [-0.05, 0) is 36.6 Å². The summed E-state index contributed by atoms with van der Waals surface area (Å²) in [4.78, 5) is 26.7. The summed E-state index contributed by atoms with van der Waals surface area (Å²) < 4.78 is 0. The van der Waals surface area contributed by atoms with Crippen LogP contribution in [-0.4, -0.2) is 39.4 Å². The molecule has 0 aliphatic heterocycles. The Kier molecular flexibility index (Phi) is 6.10. The maximum atomic E-state index is 12.5. The van der Waals surface area contributed by atoms with Crippen LogP contribution in [-0.2, 0) is 13.0 Å². The summed E-state index contributed by atoms with van der Waals surface area (Å²) in [6.45, 7) is 3.34. The first-order chi connectivity index (χ1) is 13.1. The quantitative estimate of drug-likeness (QED) is 0.700. The van der Waals surface area contributed by atoms with Crippen molar-refractivity contribution in [3.8, 4) is 0 Å². The van der Waals surface area contributed by atoms with Gasteiger partial charge in [-0.2, -0.15) is 0 Å².